The summed E-state index contributed by atoms with van der Waals surface area (Å²) in [6.07, 6.45) is 0.905. The fourth-order valence-corrected chi connectivity index (χ4v) is 2.69. The van der Waals surface area contributed by atoms with E-state index in [1.165, 1.54) is 6.07 Å². The molecule has 3 aromatic rings. The van der Waals surface area contributed by atoms with Crippen LogP contribution in [0.15, 0.2) is 66.7 Å². The molecule has 0 amide bonds. The van der Waals surface area contributed by atoms with Crippen molar-refractivity contribution in [1.82, 2.24) is 0 Å². The molecule has 0 fully saturated rings. The van der Waals surface area contributed by atoms with E-state index in [0.717, 1.165) is 34.7 Å². The molecule has 0 saturated carbocycles. The Labute approximate surface area is 140 Å². The van der Waals surface area contributed by atoms with Gasteiger partial charge in [0.2, 0.25) is 0 Å². The van der Waals surface area contributed by atoms with Crippen LogP contribution in [0, 0.1) is 11.6 Å². The molecule has 1 nitrogen and oxygen atoms in total. The highest BCUT2D eigenvalue weighted by Gasteiger charge is 2.06. The second-order valence-electron chi connectivity index (χ2n) is 5.84. The van der Waals surface area contributed by atoms with E-state index in [1.807, 2.05) is 36.4 Å². The lowest BCUT2D eigenvalue weighted by molar-refractivity contribution is 0.509. The monoisotopic (exact) mass is 323 g/mol. The Kier molecular flexibility index (Phi) is 4.72. The van der Waals surface area contributed by atoms with Gasteiger partial charge in [-0.1, -0.05) is 61.5 Å². The van der Waals surface area contributed by atoms with Gasteiger partial charge >= 0.3 is 0 Å². The van der Waals surface area contributed by atoms with Gasteiger partial charge in [-0.05, 0) is 46.4 Å². The predicted molar refractivity (Wildman–Crippen MR) is 94.4 cm³/mol. The van der Waals surface area contributed by atoms with Gasteiger partial charge in [0.05, 0.1) is 0 Å². The zero-order valence-corrected chi connectivity index (χ0v) is 13.5. The molecule has 3 heteroatoms. The normalized spacial score (nSPS) is 12.2. The fraction of sp³-hybridized carbons (Fsp3) is 0.143. The van der Waals surface area contributed by atoms with Crippen molar-refractivity contribution in [3.05, 3.63) is 83.9 Å². The number of hydrogen-bond donors (Lipinski definition) is 1. The molecule has 1 unspecified atom stereocenters. The molecule has 122 valence electrons. The first-order valence-electron chi connectivity index (χ1n) is 8.00. The first-order valence-corrected chi connectivity index (χ1v) is 8.00. The second-order valence-corrected chi connectivity index (χ2v) is 5.84. The second kappa shape index (κ2) is 6.93. The summed E-state index contributed by atoms with van der Waals surface area (Å²) >= 11 is 0. The smallest absolute Gasteiger partial charge is 0.159 e. The van der Waals surface area contributed by atoms with Crippen molar-refractivity contribution in [2.24, 2.45) is 5.73 Å². The minimum absolute atomic E-state index is 0.0646. The van der Waals surface area contributed by atoms with E-state index in [2.05, 4.69) is 19.1 Å². The predicted octanol–water partition coefficient (Wildman–Crippen LogP) is 5.71. The molecule has 24 heavy (non-hydrogen) atoms. The van der Waals surface area contributed by atoms with Gasteiger partial charge in [-0.25, -0.2) is 8.78 Å². The van der Waals surface area contributed by atoms with Gasteiger partial charge in [0, 0.05) is 6.04 Å². The van der Waals surface area contributed by atoms with Crippen LogP contribution in [0.2, 0.25) is 0 Å². The van der Waals surface area contributed by atoms with Crippen molar-refractivity contribution in [2.75, 3.05) is 0 Å². The Morgan fingerprint density at radius 1 is 0.708 bits per heavy atom. The molecular formula is C21H19F2N. The summed E-state index contributed by atoms with van der Waals surface area (Å²) in [5.41, 5.74) is 10.8. The molecule has 1 atom stereocenters. The quantitative estimate of drug-likeness (QED) is 0.654. The summed E-state index contributed by atoms with van der Waals surface area (Å²) in [6, 6.07) is 20.0. The Bertz CT molecular complexity index is 823. The number of halogens is 2. The molecular weight excluding hydrogens is 304 g/mol. The van der Waals surface area contributed by atoms with Crippen LogP contribution in [-0.4, -0.2) is 0 Å². The van der Waals surface area contributed by atoms with Crippen molar-refractivity contribution >= 4 is 0 Å². The molecule has 0 saturated heterocycles. The summed E-state index contributed by atoms with van der Waals surface area (Å²) in [7, 11) is 0. The van der Waals surface area contributed by atoms with Crippen molar-refractivity contribution < 1.29 is 8.78 Å². The third-order valence-electron chi connectivity index (χ3n) is 4.25. The van der Waals surface area contributed by atoms with Gasteiger partial charge in [0.25, 0.3) is 0 Å². The highest BCUT2D eigenvalue weighted by molar-refractivity contribution is 5.70. The number of rotatable bonds is 4. The minimum atomic E-state index is -0.834. The summed E-state index contributed by atoms with van der Waals surface area (Å²) < 4.78 is 26.4. The van der Waals surface area contributed by atoms with Gasteiger partial charge < -0.3 is 5.73 Å². The van der Waals surface area contributed by atoms with Crippen LogP contribution in [-0.2, 0) is 0 Å². The zero-order chi connectivity index (χ0) is 17.1. The lowest BCUT2D eigenvalue weighted by Gasteiger charge is -2.10. The molecule has 0 aliphatic rings. The third-order valence-corrected chi connectivity index (χ3v) is 4.25. The number of benzene rings is 3. The van der Waals surface area contributed by atoms with E-state index >= 15 is 0 Å². The van der Waals surface area contributed by atoms with Crippen molar-refractivity contribution in [2.45, 2.75) is 19.4 Å². The maximum absolute atomic E-state index is 13.4. The summed E-state index contributed by atoms with van der Waals surface area (Å²) in [4.78, 5) is 0. The van der Waals surface area contributed by atoms with E-state index in [0.29, 0.717) is 5.56 Å². The van der Waals surface area contributed by atoms with Crippen molar-refractivity contribution in [3.63, 3.8) is 0 Å². The molecule has 0 bridgehead atoms. The molecule has 3 rings (SSSR count). The largest absolute Gasteiger partial charge is 0.324 e. The van der Waals surface area contributed by atoms with E-state index < -0.39 is 11.6 Å². The first kappa shape index (κ1) is 16.3. The lowest BCUT2D eigenvalue weighted by atomic mass is 9.98. The van der Waals surface area contributed by atoms with Crippen LogP contribution < -0.4 is 5.73 Å². The summed E-state index contributed by atoms with van der Waals surface area (Å²) in [5, 5.41) is 0. The van der Waals surface area contributed by atoms with Crippen LogP contribution >= 0.6 is 0 Å². The van der Waals surface area contributed by atoms with E-state index in [1.54, 1.807) is 6.07 Å². The Morgan fingerprint density at radius 3 is 1.67 bits per heavy atom. The van der Waals surface area contributed by atoms with Gasteiger partial charge in [0.1, 0.15) is 0 Å². The van der Waals surface area contributed by atoms with Gasteiger partial charge in [-0.3, -0.25) is 0 Å². The average Bonchev–Trinajstić information content (AvgIpc) is 2.63. The Hall–Kier alpha value is -2.52. The average molecular weight is 323 g/mol. The van der Waals surface area contributed by atoms with E-state index in [9.17, 15) is 8.78 Å². The van der Waals surface area contributed by atoms with Gasteiger partial charge in [-0.15, -0.1) is 0 Å². The summed E-state index contributed by atoms with van der Waals surface area (Å²) in [6.45, 7) is 2.07. The topological polar surface area (TPSA) is 26.0 Å². The summed E-state index contributed by atoms with van der Waals surface area (Å²) in [5.74, 6) is -1.67. The molecule has 0 spiro atoms. The first-order chi connectivity index (χ1) is 11.6. The van der Waals surface area contributed by atoms with Crippen LogP contribution in [0.3, 0.4) is 0 Å². The van der Waals surface area contributed by atoms with Crippen LogP contribution in [0.5, 0.6) is 0 Å². The maximum atomic E-state index is 13.4. The highest BCUT2D eigenvalue weighted by Crippen LogP contribution is 2.27. The SMILES string of the molecule is CCC(N)c1ccc(-c2ccc(-c3ccc(F)c(F)c3)cc2)cc1. The molecule has 2 N–H and O–H groups in total. The standard InChI is InChI=1S/C21H19F2N/c1-2-21(24)17-9-7-15(8-10-17)14-3-5-16(6-4-14)18-11-12-19(22)20(23)13-18/h3-13,21H,2,24H2,1H3. The maximum Gasteiger partial charge on any atom is 0.159 e. The minimum Gasteiger partial charge on any atom is -0.324 e. The molecule has 0 aliphatic heterocycles. The van der Waals surface area contributed by atoms with Crippen molar-refractivity contribution in [1.29, 1.82) is 0 Å². The molecule has 3 aromatic carbocycles. The lowest BCUT2D eigenvalue weighted by Crippen LogP contribution is -2.07. The third kappa shape index (κ3) is 3.36. The van der Waals surface area contributed by atoms with E-state index in [-0.39, 0.29) is 6.04 Å². The molecule has 0 heterocycles. The number of nitrogens with two attached hydrogens (primary N) is 1. The highest BCUT2D eigenvalue weighted by atomic mass is 19.2. The van der Waals surface area contributed by atoms with Crippen LogP contribution in [0.25, 0.3) is 22.3 Å². The Balaban J connectivity index is 1.85. The number of hydrogen-bond acceptors (Lipinski definition) is 1. The van der Waals surface area contributed by atoms with E-state index in [4.69, 9.17) is 5.73 Å². The van der Waals surface area contributed by atoms with Gasteiger partial charge in [0.15, 0.2) is 11.6 Å². The van der Waals surface area contributed by atoms with Crippen molar-refractivity contribution in [3.8, 4) is 22.3 Å². The molecule has 0 aromatic heterocycles. The fourth-order valence-electron chi connectivity index (χ4n) is 2.69. The van der Waals surface area contributed by atoms with Crippen LogP contribution in [0.1, 0.15) is 24.9 Å². The molecule has 0 aliphatic carbocycles. The van der Waals surface area contributed by atoms with Gasteiger partial charge in [-0.2, -0.15) is 0 Å². The Morgan fingerprint density at radius 2 is 1.17 bits per heavy atom. The zero-order valence-electron chi connectivity index (χ0n) is 13.5. The molecule has 0 radical (unpaired) electrons. The van der Waals surface area contributed by atoms with Crippen LogP contribution in [0.4, 0.5) is 8.78 Å².